The first-order chi connectivity index (χ1) is 7.47. The van der Waals surface area contributed by atoms with Crippen LogP contribution in [0.3, 0.4) is 0 Å². The van der Waals surface area contributed by atoms with Crippen LogP contribution in [-0.2, 0) is 0 Å². The highest BCUT2D eigenvalue weighted by Gasteiger charge is 2.40. The molecule has 92 valence electrons. The van der Waals surface area contributed by atoms with Crippen molar-refractivity contribution >= 4 is 5.96 Å². The Hall–Kier alpha value is -0.730. The first-order valence-electron chi connectivity index (χ1n) is 6.55. The topological polar surface area (TPSA) is 61.9 Å². The Morgan fingerprint density at radius 3 is 2.38 bits per heavy atom. The molecular formula is C13H25N3. The van der Waals surface area contributed by atoms with E-state index in [1.54, 1.807) is 0 Å². The quantitative estimate of drug-likeness (QED) is 0.497. The second-order valence-corrected chi connectivity index (χ2v) is 6.53. The minimum Gasteiger partial charge on any atom is -0.370 e. The highest BCUT2D eigenvalue weighted by molar-refractivity contribution is 5.74. The first-order valence-corrected chi connectivity index (χ1v) is 6.55. The summed E-state index contributed by atoms with van der Waals surface area (Å²) in [5.74, 6) is 2.88. The minimum absolute atomic E-state index is 0.116. The van der Waals surface area contributed by atoms with E-state index in [1.165, 1.54) is 32.1 Å². The molecule has 0 amide bonds. The van der Waals surface area contributed by atoms with Crippen LogP contribution in [0.4, 0.5) is 0 Å². The Kier molecular flexibility index (Phi) is 3.13. The largest absolute Gasteiger partial charge is 0.370 e. The lowest BCUT2D eigenvalue weighted by molar-refractivity contribution is 0.0492. The summed E-state index contributed by atoms with van der Waals surface area (Å²) in [6, 6.07) is 0. The monoisotopic (exact) mass is 223 g/mol. The second kappa shape index (κ2) is 4.27. The van der Waals surface area contributed by atoms with Gasteiger partial charge < -0.3 is 11.1 Å². The van der Waals surface area contributed by atoms with Crippen molar-refractivity contribution in [1.82, 2.24) is 5.32 Å². The molecule has 2 atom stereocenters. The Balaban J connectivity index is 1.95. The number of nitrogens with two attached hydrogens (primary N) is 1. The summed E-state index contributed by atoms with van der Waals surface area (Å²) >= 11 is 0. The number of fused-ring (bicyclic) bond motifs is 2. The van der Waals surface area contributed by atoms with Crippen LogP contribution in [0.15, 0.2) is 0 Å². The molecule has 16 heavy (non-hydrogen) atoms. The van der Waals surface area contributed by atoms with Crippen molar-refractivity contribution < 1.29 is 0 Å². The molecule has 3 nitrogen and oxygen atoms in total. The maximum atomic E-state index is 7.26. The van der Waals surface area contributed by atoms with Gasteiger partial charge in [-0.1, -0.05) is 13.8 Å². The molecule has 0 saturated heterocycles. The molecule has 0 spiro atoms. The molecule has 2 unspecified atom stereocenters. The van der Waals surface area contributed by atoms with Crippen LogP contribution in [0.1, 0.15) is 46.0 Å². The van der Waals surface area contributed by atoms with E-state index in [4.69, 9.17) is 11.1 Å². The predicted molar refractivity (Wildman–Crippen MR) is 67.3 cm³/mol. The van der Waals surface area contributed by atoms with Crippen LogP contribution in [0.25, 0.3) is 0 Å². The van der Waals surface area contributed by atoms with E-state index in [0.717, 1.165) is 24.3 Å². The van der Waals surface area contributed by atoms with Gasteiger partial charge in [0.15, 0.2) is 5.96 Å². The van der Waals surface area contributed by atoms with Gasteiger partial charge in [-0.2, -0.15) is 0 Å². The van der Waals surface area contributed by atoms with Gasteiger partial charge in [-0.05, 0) is 55.3 Å². The molecule has 0 aromatic heterocycles. The fourth-order valence-electron chi connectivity index (χ4n) is 4.16. The van der Waals surface area contributed by atoms with E-state index in [2.05, 4.69) is 19.2 Å². The lowest BCUT2D eigenvalue weighted by Gasteiger charge is -2.47. The van der Waals surface area contributed by atoms with Crippen LogP contribution < -0.4 is 11.1 Å². The molecule has 0 aliphatic heterocycles. The number of nitrogens with one attached hydrogen (secondary N) is 2. The van der Waals surface area contributed by atoms with E-state index < -0.39 is 0 Å². The highest BCUT2D eigenvalue weighted by atomic mass is 15.0. The molecule has 3 heteroatoms. The number of guanidine groups is 1. The summed E-state index contributed by atoms with van der Waals surface area (Å²) in [5.41, 5.74) is 5.74. The van der Waals surface area contributed by atoms with E-state index in [0.29, 0.717) is 5.41 Å². The maximum Gasteiger partial charge on any atom is 0.185 e. The fourth-order valence-corrected chi connectivity index (χ4v) is 4.16. The first kappa shape index (κ1) is 11.7. The van der Waals surface area contributed by atoms with Gasteiger partial charge in [-0.15, -0.1) is 0 Å². The number of hydrogen-bond donors (Lipinski definition) is 3. The molecule has 2 bridgehead atoms. The van der Waals surface area contributed by atoms with Crippen LogP contribution in [0.2, 0.25) is 0 Å². The molecule has 2 aliphatic carbocycles. The SMILES string of the molecule is CC1CC2CC(C1)CC(C)(CNC(=N)N)C2. The lowest BCUT2D eigenvalue weighted by atomic mass is 9.59. The summed E-state index contributed by atoms with van der Waals surface area (Å²) in [4.78, 5) is 0. The summed E-state index contributed by atoms with van der Waals surface area (Å²) in [7, 11) is 0. The van der Waals surface area contributed by atoms with Crippen molar-refractivity contribution in [3.8, 4) is 0 Å². The zero-order valence-electron chi connectivity index (χ0n) is 10.6. The van der Waals surface area contributed by atoms with Gasteiger partial charge >= 0.3 is 0 Å². The maximum absolute atomic E-state index is 7.26. The molecule has 0 aromatic carbocycles. The van der Waals surface area contributed by atoms with E-state index in [9.17, 15) is 0 Å². The molecule has 0 radical (unpaired) electrons. The van der Waals surface area contributed by atoms with E-state index in [1.807, 2.05) is 0 Å². The average molecular weight is 223 g/mol. The summed E-state index contributed by atoms with van der Waals surface area (Å²) < 4.78 is 0. The van der Waals surface area contributed by atoms with Gasteiger partial charge in [0.25, 0.3) is 0 Å². The lowest BCUT2D eigenvalue weighted by Crippen LogP contribution is -2.44. The third-order valence-electron chi connectivity index (χ3n) is 4.41. The third kappa shape index (κ3) is 2.69. The summed E-state index contributed by atoms with van der Waals surface area (Å²) in [6.07, 6.45) is 6.89. The molecule has 2 saturated carbocycles. The molecule has 2 aliphatic rings. The van der Waals surface area contributed by atoms with Gasteiger partial charge in [0, 0.05) is 6.54 Å². The molecular weight excluding hydrogens is 198 g/mol. The zero-order valence-corrected chi connectivity index (χ0v) is 10.6. The van der Waals surface area contributed by atoms with Crippen molar-refractivity contribution in [1.29, 1.82) is 5.41 Å². The Labute approximate surface area is 98.7 Å². The fraction of sp³-hybridized carbons (Fsp3) is 0.923. The Morgan fingerprint density at radius 1 is 1.31 bits per heavy atom. The van der Waals surface area contributed by atoms with Gasteiger partial charge in [-0.25, -0.2) is 0 Å². The van der Waals surface area contributed by atoms with Crippen molar-refractivity contribution in [2.24, 2.45) is 28.9 Å². The van der Waals surface area contributed by atoms with Crippen LogP contribution >= 0.6 is 0 Å². The van der Waals surface area contributed by atoms with E-state index in [-0.39, 0.29) is 5.96 Å². The standard InChI is InChI=1S/C13H25N3/c1-9-3-10-5-11(4-9)7-13(2,6-10)8-16-12(14)15/h9-11H,3-8H2,1-2H3,(H4,14,15,16). The number of rotatable bonds is 2. The van der Waals surface area contributed by atoms with Gasteiger partial charge in [0.2, 0.25) is 0 Å². The second-order valence-electron chi connectivity index (χ2n) is 6.53. The van der Waals surface area contributed by atoms with E-state index >= 15 is 0 Å². The molecule has 2 rings (SSSR count). The normalized spacial score (nSPS) is 42.8. The average Bonchev–Trinajstić information content (AvgIpc) is 2.12. The third-order valence-corrected chi connectivity index (χ3v) is 4.41. The summed E-state index contributed by atoms with van der Waals surface area (Å²) in [6.45, 7) is 5.64. The van der Waals surface area contributed by atoms with Crippen LogP contribution in [-0.4, -0.2) is 12.5 Å². The Morgan fingerprint density at radius 2 is 1.88 bits per heavy atom. The van der Waals surface area contributed by atoms with Crippen molar-refractivity contribution in [3.05, 3.63) is 0 Å². The van der Waals surface area contributed by atoms with Crippen molar-refractivity contribution in [2.75, 3.05) is 6.54 Å². The highest BCUT2D eigenvalue weighted by Crippen LogP contribution is 2.49. The number of hydrogen-bond acceptors (Lipinski definition) is 1. The minimum atomic E-state index is 0.116. The van der Waals surface area contributed by atoms with Crippen molar-refractivity contribution in [2.45, 2.75) is 46.0 Å². The van der Waals surface area contributed by atoms with Crippen molar-refractivity contribution in [3.63, 3.8) is 0 Å². The van der Waals surface area contributed by atoms with Gasteiger partial charge in [0.1, 0.15) is 0 Å². The molecule has 4 N–H and O–H groups in total. The molecule has 0 aromatic rings. The summed E-state index contributed by atoms with van der Waals surface area (Å²) in [5, 5.41) is 10.3. The van der Waals surface area contributed by atoms with Crippen LogP contribution in [0, 0.1) is 28.6 Å². The van der Waals surface area contributed by atoms with Crippen LogP contribution in [0.5, 0.6) is 0 Å². The zero-order chi connectivity index (χ0) is 11.8. The smallest absolute Gasteiger partial charge is 0.185 e. The molecule has 0 heterocycles. The molecule has 2 fully saturated rings. The van der Waals surface area contributed by atoms with Gasteiger partial charge in [-0.3, -0.25) is 5.41 Å². The predicted octanol–water partition coefficient (Wildman–Crippen LogP) is 2.32. The van der Waals surface area contributed by atoms with Gasteiger partial charge in [0.05, 0.1) is 0 Å². The Bertz CT molecular complexity index is 256.